The van der Waals surface area contributed by atoms with Crippen molar-refractivity contribution in [3.8, 4) is 0 Å². The predicted octanol–water partition coefficient (Wildman–Crippen LogP) is 4.38. The highest BCUT2D eigenvalue weighted by molar-refractivity contribution is 8.00. The van der Waals surface area contributed by atoms with Crippen molar-refractivity contribution < 1.29 is 9.59 Å². The fraction of sp³-hybridized carbons (Fsp3) is 0.250. The molecule has 138 valence electrons. The summed E-state index contributed by atoms with van der Waals surface area (Å²) in [5.74, 6) is 0.319. The van der Waals surface area contributed by atoms with Crippen LogP contribution in [0.4, 0.5) is 10.8 Å². The van der Waals surface area contributed by atoms with Gasteiger partial charge in [-0.25, -0.2) is 4.98 Å². The molecule has 27 heavy (non-hydrogen) atoms. The summed E-state index contributed by atoms with van der Waals surface area (Å²) in [6, 6.07) is 12.0. The Morgan fingerprint density at radius 3 is 2.93 bits per heavy atom. The molecule has 7 heteroatoms. The van der Waals surface area contributed by atoms with Crippen LogP contribution in [0, 0.1) is 13.8 Å². The lowest BCUT2D eigenvalue weighted by molar-refractivity contribution is -0.117. The Balaban J connectivity index is 1.45. The lowest BCUT2D eigenvalue weighted by atomic mass is 10.1. The van der Waals surface area contributed by atoms with Gasteiger partial charge in [0.15, 0.2) is 5.13 Å². The smallest absolute Gasteiger partial charge is 0.237 e. The van der Waals surface area contributed by atoms with Crippen molar-refractivity contribution in [2.75, 3.05) is 22.5 Å². The van der Waals surface area contributed by atoms with E-state index in [0.717, 1.165) is 26.4 Å². The van der Waals surface area contributed by atoms with E-state index >= 15 is 0 Å². The number of anilines is 2. The predicted molar refractivity (Wildman–Crippen MR) is 112 cm³/mol. The monoisotopic (exact) mass is 397 g/mol. The first-order chi connectivity index (χ1) is 13.0. The van der Waals surface area contributed by atoms with Gasteiger partial charge in [0.1, 0.15) is 0 Å². The molecule has 1 aromatic heterocycles. The van der Waals surface area contributed by atoms with Gasteiger partial charge in [0.25, 0.3) is 0 Å². The topological polar surface area (TPSA) is 62.3 Å². The minimum Gasteiger partial charge on any atom is -0.310 e. The zero-order chi connectivity index (χ0) is 19.0. The van der Waals surface area contributed by atoms with Crippen LogP contribution in [0.15, 0.2) is 41.3 Å². The number of benzene rings is 2. The Bertz CT molecular complexity index is 1040. The molecule has 0 atom stereocenters. The molecule has 0 saturated heterocycles. The van der Waals surface area contributed by atoms with Crippen LogP contribution in [0.5, 0.6) is 0 Å². The molecule has 2 amide bonds. The SMILES string of the molecule is Cc1cc(C)c2nc(NC(=O)CCN3C(=O)CSc4ccccc43)sc2c1. The van der Waals surface area contributed by atoms with E-state index in [9.17, 15) is 9.59 Å². The van der Waals surface area contributed by atoms with Gasteiger partial charge in [0.05, 0.1) is 21.7 Å². The normalized spacial score (nSPS) is 13.7. The number of nitrogens with zero attached hydrogens (tertiary/aromatic N) is 2. The fourth-order valence-electron chi connectivity index (χ4n) is 3.22. The van der Waals surface area contributed by atoms with Gasteiger partial charge >= 0.3 is 0 Å². The van der Waals surface area contributed by atoms with E-state index in [2.05, 4.69) is 29.4 Å². The second-order valence-corrected chi connectivity index (χ2v) is 8.60. The Morgan fingerprint density at radius 1 is 1.26 bits per heavy atom. The van der Waals surface area contributed by atoms with Crippen molar-refractivity contribution in [1.82, 2.24) is 4.98 Å². The maximum atomic E-state index is 12.4. The number of nitrogens with one attached hydrogen (secondary N) is 1. The molecule has 0 unspecified atom stereocenters. The Labute approximate surface area is 165 Å². The van der Waals surface area contributed by atoms with Crippen LogP contribution in [-0.4, -0.2) is 29.1 Å². The molecule has 2 aromatic carbocycles. The van der Waals surface area contributed by atoms with Crippen molar-refractivity contribution in [3.05, 3.63) is 47.5 Å². The number of carbonyl (C=O) groups excluding carboxylic acids is 2. The van der Waals surface area contributed by atoms with Gasteiger partial charge in [-0.2, -0.15) is 0 Å². The lowest BCUT2D eigenvalue weighted by Crippen LogP contribution is -2.37. The van der Waals surface area contributed by atoms with E-state index in [1.807, 2.05) is 31.2 Å². The van der Waals surface area contributed by atoms with Gasteiger partial charge in [-0.15, -0.1) is 11.8 Å². The second kappa shape index (κ2) is 7.32. The molecular formula is C20H19N3O2S2. The summed E-state index contributed by atoms with van der Waals surface area (Å²) in [5, 5.41) is 3.48. The highest BCUT2D eigenvalue weighted by atomic mass is 32.2. The van der Waals surface area contributed by atoms with E-state index in [1.54, 1.807) is 16.7 Å². The van der Waals surface area contributed by atoms with Crippen molar-refractivity contribution in [1.29, 1.82) is 0 Å². The summed E-state index contributed by atoms with van der Waals surface area (Å²) in [4.78, 5) is 32.0. The zero-order valence-corrected chi connectivity index (χ0v) is 16.7. The number of hydrogen-bond acceptors (Lipinski definition) is 5. The summed E-state index contributed by atoms with van der Waals surface area (Å²) in [6.45, 7) is 4.44. The Hall–Kier alpha value is -2.38. The van der Waals surface area contributed by atoms with Crippen LogP contribution in [0.2, 0.25) is 0 Å². The van der Waals surface area contributed by atoms with Gasteiger partial charge in [0, 0.05) is 17.9 Å². The second-order valence-electron chi connectivity index (χ2n) is 6.55. The summed E-state index contributed by atoms with van der Waals surface area (Å²) in [6.07, 6.45) is 0.235. The van der Waals surface area contributed by atoms with Crippen LogP contribution >= 0.6 is 23.1 Å². The Morgan fingerprint density at radius 2 is 2.07 bits per heavy atom. The van der Waals surface area contributed by atoms with Gasteiger partial charge in [-0.1, -0.05) is 29.5 Å². The number of aryl methyl sites for hydroxylation is 2. The van der Waals surface area contributed by atoms with Crippen LogP contribution in [0.25, 0.3) is 10.2 Å². The number of rotatable bonds is 4. The summed E-state index contributed by atoms with van der Waals surface area (Å²) in [5.41, 5.74) is 4.10. The van der Waals surface area contributed by atoms with Crippen molar-refractivity contribution in [3.63, 3.8) is 0 Å². The highest BCUT2D eigenvalue weighted by Gasteiger charge is 2.24. The maximum Gasteiger partial charge on any atom is 0.237 e. The number of hydrogen-bond donors (Lipinski definition) is 1. The molecule has 2 heterocycles. The quantitative estimate of drug-likeness (QED) is 0.710. The van der Waals surface area contributed by atoms with Crippen molar-refractivity contribution in [2.24, 2.45) is 0 Å². The van der Waals surface area contributed by atoms with Crippen LogP contribution in [0.1, 0.15) is 17.5 Å². The third-order valence-electron chi connectivity index (χ3n) is 4.45. The molecule has 4 rings (SSSR count). The van der Waals surface area contributed by atoms with Crippen LogP contribution < -0.4 is 10.2 Å². The highest BCUT2D eigenvalue weighted by Crippen LogP contribution is 2.35. The number of fused-ring (bicyclic) bond motifs is 2. The number of amides is 2. The molecule has 0 aliphatic carbocycles. The van der Waals surface area contributed by atoms with Gasteiger partial charge in [-0.05, 0) is 43.2 Å². The molecule has 0 radical (unpaired) electrons. The van der Waals surface area contributed by atoms with E-state index in [1.165, 1.54) is 16.9 Å². The largest absolute Gasteiger partial charge is 0.310 e. The first-order valence-electron chi connectivity index (χ1n) is 8.71. The third-order valence-corrected chi connectivity index (χ3v) is 6.41. The van der Waals surface area contributed by atoms with Gasteiger partial charge in [-0.3, -0.25) is 9.59 Å². The van der Waals surface area contributed by atoms with Crippen LogP contribution in [-0.2, 0) is 9.59 Å². The molecule has 5 nitrogen and oxygen atoms in total. The van der Waals surface area contributed by atoms with Gasteiger partial charge in [0.2, 0.25) is 11.8 Å². The van der Waals surface area contributed by atoms with E-state index in [0.29, 0.717) is 17.4 Å². The minimum atomic E-state index is -0.132. The first kappa shape index (κ1) is 18.0. The van der Waals surface area contributed by atoms with Crippen LogP contribution in [0.3, 0.4) is 0 Å². The van der Waals surface area contributed by atoms with E-state index < -0.39 is 0 Å². The standard InChI is InChI=1S/C20H19N3O2S2/c1-12-9-13(2)19-16(10-12)27-20(22-19)21-17(24)7-8-23-14-5-3-4-6-15(14)26-11-18(23)25/h3-6,9-10H,7-8,11H2,1-2H3,(H,21,22,24). The third kappa shape index (κ3) is 3.70. The number of thioether (sulfide) groups is 1. The number of carbonyl (C=O) groups is 2. The molecule has 0 fully saturated rings. The molecule has 1 aliphatic rings. The molecule has 1 aliphatic heterocycles. The fourth-order valence-corrected chi connectivity index (χ4v) is 5.21. The van der Waals surface area contributed by atoms with Crippen molar-refractivity contribution >= 4 is 55.9 Å². The summed E-state index contributed by atoms with van der Waals surface area (Å²) in [7, 11) is 0. The molecular weight excluding hydrogens is 378 g/mol. The maximum absolute atomic E-state index is 12.4. The molecule has 1 N–H and O–H groups in total. The average Bonchev–Trinajstić information content (AvgIpc) is 3.03. The first-order valence-corrected chi connectivity index (χ1v) is 10.5. The van der Waals surface area contributed by atoms with E-state index in [4.69, 9.17) is 0 Å². The zero-order valence-electron chi connectivity index (χ0n) is 15.1. The van der Waals surface area contributed by atoms with Crippen molar-refractivity contribution in [2.45, 2.75) is 25.2 Å². The number of aromatic nitrogens is 1. The number of thiazole rings is 1. The number of para-hydroxylation sites is 1. The summed E-state index contributed by atoms with van der Waals surface area (Å²) >= 11 is 3.02. The molecule has 0 saturated carbocycles. The summed E-state index contributed by atoms with van der Waals surface area (Å²) < 4.78 is 1.07. The minimum absolute atomic E-state index is 0.0394. The lowest BCUT2D eigenvalue weighted by Gasteiger charge is -2.28. The van der Waals surface area contributed by atoms with E-state index in [-0.39, 0.29) is 18.2 Å². The van der Waals surface area contributed by atoms with Gasteiger partial charge < -0.3 is 10.2 Å². The average molecular weight is 398 g/mol. The Kier molecular flexibility index (Phi) is 4.88. The molecule has 0 spiro atoms. The molecule has 0 bridgehead atoms. The molecule has 3 aromatic rings.